The van der Waals surface area contributed by atoms with Gasteiger partial charge < -0.3 is 9.64 Å². The van der Waals surface area contributed by atoms with Crippen LogP contribution in [-0.2, 0) is 11.2 Å². The molecule has 0 N–H and O–H groups in total. The van der Waals surface area contributed by atoms with E-state index in [1.807, 2.05) is 62.5 Å². The third-order valence-corrected chi connectivity index (χ3v) is 4.05. The Balaban J connectivity index is 2.30. The Morgan fingerprint density at radius 1 is 1.19 bits per heavy atom. The fourth-order valence-electron chi connectivity index (χ4n) is 2.82. The summed E-state index contributed by atoms with van der Waals surface area (Å²) in [4.78, 5) is 14.3. The lowest BCUT2D eigenvalue weighted by Gasteiger charge is -2.08. The summed E-state index contributed by atoms with van der Waals surface area (Å²) in [5.74, 6) is -0.514. The molecule has 0 fully saturated rings. The molecular weight excluding hydrogens is 342 g/mol. The van der Waals surface area contributed by atoms with Crippen LogP contribution in [0, 0.1) is 0 Å². The Morgan fingerprint density at radius 3 is 2.56 bits per heavy atom. The van der Waals surface area contributed by atoms with Crippen LogP contribution >= 0.6 is 0 Å². The number of fused-ring (bicyclic) bond motifs is 1. The first-order chi connectivity index (χ1) is 13.1. The first kappa shape index (κ1) is 18.6. The zero-order valence-corrected chi connectivity index (χ0v) is 16.0. The lowest BCUT2D eigenvalue weighted by atomic mass is 10.0. The summed E-state index contributed by atoms with van der Waals surface area (Å²) in [6.45, 7) is 4.07. The molecule has 0 aliphatic heterocycles. The first-order valence-electron chi connectivity index (χ1n) is 8.92. The summed E-state index contributed by atoms with van der Waals surface area (Å²) in [6, 6.07) is 9.96. The standard InChI is InChI=1S/C20H23N5O2/c1-5-15-17(14-10-8-7-9-11-14)19-22-21-18(20(26)27-6-2)16(25(19)23-15)12-13-24(3)4/h7-13H,5-6H2,1-4H3. The van der Waals surface area contributed by atoms with Gasteiger partial charge >= 0.3 is 5.97 Å². The van der Waals surface area contributed by atoms with Gasteiger partial charge in [0, 0.05) is 20.3 Å². The van der Waals surface area contributed by atoms with Crippen LogP contribution in [0.1, 0.15) is 35.7 Å². The third kappa shape index (κ3) is 3.67. The maximum Gasteiger partial charge on any atom is 0.361 e. The molecule has 0 radical (unpaired) electrons. The predicted molar refractivity (Wildman–Crippen MR) is 104 cm³/mol. The fourth-order valence-corrected chi connectivity index (χ4v) is 2.82. The van der Waals surface area contributed by atoms with Gasteiger partial charge in [-0.05, 0) is 25.0 Å². The molecule has 3 aromatic rings. The van der Waals surface area contributed by atoms with Gasteiger partial charge in [-0.2, -0.15) is 5.10 Å². The van der Waals surface area contributed by atoms with Crippen molar-refractivity contribution < 1.29 is 9.53 Å². The molecule has 1 aromatic carbocycles. The summed E-state index contributed by atoms with van der Waals surface area (Å²) >= 11 is 0. The molecule has 0 atom stereocenters. The molecule has 0 aliphatic carbocycles. The number of hydrogen-bond acceptors (Lipinski definition) is 6. The van der Waals surface area contributed by atoms with Gasteiger partial charge in [-0.15, -0.1) is 10.2 Å². The number of esters is 1. The van der Waals surface area contributed by atoms with Crippen LogP contribution in [0.3, 0.4) is 0 Å². The number of aryl methyl sites for hydroxylation is 1. The summed E-state index contributed by atoms with van der Waals surface area (Å²) in [5, 5.41) is 13.2. The van der Waals surface area contributed by atoms with E-state index in [1.165, 1.54) is 0 Å². The van der Waals surface area contributed by atoms with Crippen molar-refractivity contribution in [3.63, 3.8) is 0 Å². The predicted octanol–water partition coefficient (Wildman–Crippen LogP) is 3.06. The van der Waals surface area contributed by atoms with Crippen molar-refractivity contribution >= 4 is 17.7 Å². The Morgan fingerprint density at radius 2 is 1.93 bits per heavy atom. The van der Waals surface area contributed by atoms with E-state index in [9.17, 15) is 4.79 Å². The summed E-state index contributed by atoms with van der Waals surface area (Å²) in [7, 11) is 3.81. The molecule has 0 saturated heterocycles. The summed E-state index contributed by atoms with van der Waals surface area (Å²) in [6.07, 6.45) is 4.38. The van der Waals surface area contributed by atoms with E-state index in [1.54, 1.807) is 17.5 Å². The van der Waals surface area contributed by atoms with Crippen LogP contribution in [0.2, 0.25) is 0 Å². The Kier molecular flexibility index (Phi) is 5.49. The molecular formula is C20H23N5O2. The second-order valence-corrected chi connectivity index (χ2v) is 6.21. The molecule has 0 spiro atoms. The minimum absolute atomic E-state index is 0.146. The van der Waals surface area contributed by atoms with E-state index in [2.05, 4.69) is 10.2 Å². The van der Waals surface area contributed by atoms with Gasteiger partial charge in [0.05, 0.1) is 17.9 Å². The van der Waals surface area contributed by atoms with Crippen molar-refractivity contribution in [1.82, 2.24) is 24.7 Å². The van der Waals surface area contributed by atoms with Crippen LogP contribution in [0.4, 0.5) is 0 Å². The smallest absolute Gasteiger partial charge is 0.361 e. The lowest BCUT2D eigenvalue weighted by molar-refractivity contribution is 0.0517. The maximum absolute atomic E-state index is 12.4. The van der Waals surface area contributed by atoms with Crippen LogP contribution in [0.25, 0.3) is 22.9 Å². The highest BCUT2D eigenvalue weighted by Gasteiger charge is 2.22. The molecule has 140 valence electrons. The van der Waals surface area contributed by atoms with Crippen molar-refractivity contribution in [2.45, 2.75) is 20.3 Å². The highest BCUT2D eigenvalue weighted by molar-refractivity contribution is 5.91. The van der Waals surface area contributed by atoms with Crippen molar-refractivity contribution in [2.24, 2.45) is 0 Å². The molecule has 27 heavy (non-hydrogen) atoms. The lowest BCUT2D eigenvalue weighted by Crippen LogP contribution is -2.14. The molecule has 0 bridgehead atoms. The number of rotatable bonds is 6. The summed E-state index contributed by atoms with van der Waals surface area (Å²) < 4.78 is 6.82. The normalized spacial score (nSPS) is 11.3. The molecule has 2 aromatic heterocycles. The number of aromatic nitrogens is 4. The number of nitrogens with zero attached hydrogens (tertiary/aromatic N) is 5. The van der Waals surface area contributed by atoms with Gasteiger partial charge in [0.1, 0.15) is 5.69 Å². The van der Waals surface area contributed by atoms with Gasteiger partial charge in [-0.3, -0.25) is 0 Å². The molecule has 7 heteroatoms. The van der Waals surface area contributed by atoms with Gasteiger partial charge in [0.25, 0.3) is 0 Å². The number of carbonyl (C=O) groups excluding carboxylic acids is 1. The quantitative estimate of drug-likeness (QED) is 0.625. The average molecular weight is 365 g/mol. The number of benzene rings is 1. The Hall–Kier alpha value is -3.22. The van der Waals surface area contributed by atoms with Crippen molar-refractivity contribution in [2.75, 3.05) is 20.7 Å². The molecule has 0 aliphatic rings. The van der Waals surface area contributed by atoms with Gasteiger partial charge in [0.15, 0.2) is 11.3 Å². The van der Waals surface area contributed by atoms with Crippen molar-refractivity contribution in [3.8, 4) is 11.1 Å². The minimum atomic E-state index is -0.514. The van der Waals surface area contributed by atoms with Crippen molar-refractivity contribution in [3.05, 3.63) is 53.6 Å². The largest absolute Gasteiger partial charge is 0.461 e. The fraction of sp³-hybridized carbons (Fsp3) is 0.300. The van der Waals surface area contributed by atoms with Crippen LogP contribution < -0.4 is 0 Å². The minimum Gasteiger partial charge on any atom is -0.461 e. The maximum atomic E-state index is 12.4. The molecule has 0 amide bonds. The van der Waals surface area contributed by atoms with Gasteiger partial charge in [-0.25, -0.2) is 9.31 Å². The second kappa shape index (κ2) is 7.99. The SMILES string of the molecule is CCOC(=O)c1nnc2c(-c3ccccc3)c(CC)nn2c1C=CN(C)C. The van der Waals surface area contributed by atoms with Crippen LogP contribution in [0.5, 0.6) is 0 Å². The van der Waals surface area contributed by atoms with E-state index < -0.39 is 5.97 Å². The highest BCUT2D eigenvalue weighted by Crippen LogP contribution is 2.29. The number of ether oxygens (including phenoxy) is 1. The zero-order chi connectivity index (χ0) is 19.4. The monoisotopic (exact) mass is 365 g/mol. The Bertz CT molecular complexity index is 977. The molecule has 3 rings (SSSR count). The van der Waals surface area contributed by atoms with E-state index in [0.717, 1.165) is 23.2 Å². The second-order valence-electron chi connectivity index (χ2n) is 6.21. The topological polar surface area (TPSA) is 72.6 Å². The van der Waals surface area contributed by atoms with Gasteiger partial charge in [-0.1, -0.05) is 37.3 Å². The van der Waals surface area contributed by atoms with E-state index >= 15 is 0 Å². The molecule has 7 nitrogen and oxygen atoms in total. The number of carbonyl (C=O) groups is 1. The third-order valence-electron chi connectivity index (χ3n) is 4.05. The van der Waals surface area contributed by atoms with Crippen LogP contribution in [0.15, 0.2) is 36.5 Å². The van der Waals surface area contributed by atoms with Crippen LogP contribution in [-0.4, -0.2) is 51.4 Å². The first-order valence-corrected chi connectivity index (χ1v) is 8.92. The zero-order valence-electron chi connectivity index (χ0n) is 16.0. The molecule has 0 saturated carbocycles. The van der Waals surface area contributed by atoms with E-state index in [0.29, 0.717) is 11.3 Å². The summed E-state index contributed by atoms with van der Waals surface area (Å²) in [5.41, 5.74) is 4.15. The highest BCUT2D eigenvalue weighted by atomic mass is 16.5. The molecule has 2 heterocycles. The van der Waals surface area contributed by atoms with E-state index in [4.69, 9.17) is 9.84 Å². The van der Waals surface area contributed by atoms with Crippen molar-refractivity contribution in [1.29, 1.82) is 0 Å². The number of hydrogen-bond donors (Lipinski definition) is 0. The Labute approximate surface area is 158 Å². The average Bonchev–Trinajstić information content (AvgIpc) is 3.05. The van der Waals surface area contributed by atoms with Gasteiger partial charge in [0.2, 0.25) is 0 Å². The molecule has 0 unspecified atom stereocenters. The van der Waals surface area contributed by atoms with E-state index in [-0.39, 0.29) is 12.3 Å².